The molecule has 2 heterocycles. The lowest BCUT2D eigenvalue weighted by Gasteiger charge is -1.97. The highest BCUT2D eigenvalue weighted by Gasteiger charge is 2.12. The first-order valence-electron chi connectivity index (χ1n) is 5.27. The average Bonchev–Trinajstić information content (AvgIpc) is 2.78. The summed E-state index contributed by atoms with van der Waals surface area (Å²) in [6.07, 6.45) is 4.45. The molecule has 0 aliphatic rings. The maximum atomic E-state index is 11.3. The van der Waals surface area contributed by atoms with Gasteiger partial charge in [-0.2, -0.15) is 0 Å². The van der Waals surface area contributed by atoms with Gasteiger partial charge < -0.3 is 0 Å². The number of aromatic nitrogens is 1. The molecule has 0 N–H and O–H groups in total. The van der Waals surface area contributed by atoms with Gasteiger partial charge in [0.2, 0.25) is 0 Å². The summed E-state index contributed by atoms with van der Waals surface area (Å²) in [7, 11) is 0. The van der Waals surface area contributed by atoms with Crippen LogP contribution in [0.4, 0.5) is 0 Å². The molecule has 0 fully saturated rings. The van der Waals surface area contributed by atoms with Crippen molar-refractivity contribution >= 4 is 27.7 Å². The summed E-state index contributed by atoms with van der Waals surface area (Å²) < 4.78 is 1.13. The van der Waals surface area contributed by atoms with Crippen molar-refractivity contribution in [3.63, 3.8) is 0 Å². The van der Waals surface area contributed by atoms with Crippen molar-refractivity contribution in [2.45, 2.75) is 0 Å². The Hall–Kier alpha value is -2.00. The lowest BCUT2D eigenvalue weighted by Crippen LogP contribution is -1.82. The fourth-order valence-corrected chi connectivity index (χ4v) is 3.06. The predicted molar refractivity (Wildman–Crippen MR) is 70.4 cm³/mol. The Kier molecular flexibility index (Phi) is 2.46. The van der Waals surface area contributed by atoms with Gasteiger partial charge in [0.25, 0.3) is 0 Å². The zero-order valence-corrected chi connectivity index (χ0v) is 9.78. The number of pyridine rings is 1. The van der Waals surface area contributed by atoms with Crippen LogP contribution in [0.15, 0.2) is 48.8 Å². The molecule has 3 rings (SSSR count). The maximum Gasteiger partial charge on any atom is 0.152 e. The van der Waals surface area contributed by atoms with Crippen molar-refractivity contribution < 1.29 is 4.79 Å². The SMILES string of the molecule is O=Cc1c(-c2cccnc2)sc2ccccc12. The minimum absolute atomic E-state index is 0.763. The zero-order chi connectivity index (χ0) is 11.7. The van der Waals surface area contributed by atoms with E-state index >= 15 is 0 Å². The van der Waals surface area contributed by atoms with E-state index in [1.807, 2.05) is 36.4 Å². The van der Waals surface area contributed by atoms with Crippen LogP contribution in [0, 0.1) is 0 Å². The molecule has 2 nitrogen and oxygen atoms in total. The van der Waals surface area contributed by atoms with Crippen molar-refractivity contribution in [2.75, 3.05) is 0 Å². The lowest BCUT2D eigenvalue weighted by atomic mass is 10.1. The van der Waals surface area contributed by atoms with Crippen molar-refractivity contribution in [3.8, 4) is 10.4 Å². The molecule has 0 unspecified atom stereocenters. The molecule has 0 amide bonds. The lowest BCUT2D eigenvalue weighted by molar-refractivity contribution is 0.112. The Labute approximate surface area is 103 Å². The first kappa shape index (κ1) is 10.2. The quantitative estimate of drug-likeness (QED) is 0.637. The smallest absolute Gasteiger partial charge is 0.152 e. The zero-order valence-electron chi connectivity index (χ0n) is 8.96. The molecule has 0 saturated carbocycles. The molecule has 2 aromatic heterocycles. The first-order chi connectivity index (χ1) is 8.40. The highest BCUT2D eigenvalue weighted by atomic mass is 32.1. The van der Waals surface area contributed by atoms with E-state index < -0.39 is 0 Å². The van der Waals surface area contributed by atoms with E-state index in [0.717, 1.165) is 32.4 Å². The number of fused-ring (bicyclic) bond motifs is 1. The van der Waals surface area contributed by atoms with E-state index in [1.165, 1.54) is 0 Å². The maximum absolute atomic E-state index is 11.3. The van der Waals surface area contributed by atoms with Crippen LogP contribution < -0.4 is 0 Å². The van der Waals surface area contributed by atoms with Crippen LogP contribution in [-0.4, -0.2) is 11.3 Å². The second kappa shape index (κ2) is 4.11. The summed E-state index contributed by atoms with van der Waals surface area (Å²) in [5, 5.41) is 1.02. The minimum atomic E-state index is 0.763. The number of carbonyl (C=O) groups excluding carboxylic acids is 1. The van der Waals surface area contributed by atoms with Crippen LogP contribution in [-0.2, 0) is 0 Å². The van der Waals surface area contributed by atoms with Crippen LogP contribution in [0.5, 0.6) is 0 Å². The summed E-state index contributed by atoms with van der Waals surface area (Å²) in [6.45, 7) is 0. The summed E-state index contributed by atoms with van der Waals surface area (Å²) >= 11 is 1.63. The molecular weight excluding hydrogens is 230 g/mol. The summed E-state index contributed by atoms with van der Waals surface area (Å²) in [4.78, 5) is 16.4. The Morgan fingerprint density at radius 2 is 2.00 bits per heavy atom. The number of carbonyl (C=O) groups is 1. The third kappa shape index (κ3) is 1.65. The van der Waals surface area contributed by atoms with Crippen molar-refractivity contribution in [1.29, 1.82) is 0 Å². The van der Waals surface area contributed by atoms with Gasteiger partial charge in [-0.1, -0.05) is 24.3 Å². The van der Waals surface area contributed by atoms with Crippen LogP contribution in [0.1, 0.15) is 10.4 Å². The third-order valence-electron chi connectivity index (χ3n) is 2.68. The van der Waals surface area contributed by atoms with E-state index in [1.54, 1.807) is 23.7 Å². The van der Waals surface area contributed by atoms with Crippen LogP contribution in [0.25, 0.3) is 20.5 Å². The summed E-state index contributed by atoms with van der Waals surface area (Å²) in [5.41, 5.74) is 1.76. The third-order valence-corrected chi connectivity index (χ3v) is 3.91. The Morgan fingerprint density at radius 1 is 1.12 bits per heavy atom. The Balaban J connectivity index is 2.33. The number of thiophene rings is 1. The van der Waals surface area contributed by atoms with Gasteiger partial charge in [0, 0.05) is 38.5 Å². The monoisotopic (exact) mass is 239 g/mol. The Bertz CT molecular complexity index is 673. The number of benzene rings is 1. The molecule has 0 atom stereocenters. The first-order valence-corrected chi connectivity index (χ1v) is 6.09. The molecule has 0 spiro atoms. The van der Waals surface area contributed by atoms with E-state index in [4.69, 9.17) is 0 Å². The topological polar surface area (TPSA) is 30.0 Å². The molecule has 82 valence electrons. The van der Waals surface area contributed by atoms with Gasteiger partial charge >= 0.3 is 0 Å². The molecule has 3 heteroatoms. The number of nitrogens with zero attached hydrogens (tertiary/aromatic N) is 1. The normalized spacial score (nSPS) is 10.6. The molecule has 3 aromatic rings. The van der Waals surface area contributed by atoms with Gasteiger partial charge in [0.15, 0.2) is 6.29 Å². The molecular formula is C14H9NOS. The van der Waals surface area contributed by atoms with Crippen molar-refractivity contribution in [1.82, 2.24) is 4.98 Å². The minimum Gasteiger partial charge on any atom is -0.298 e. The summed E-state index contributed by atoms with van der Waals surface area (Å²) in [5.74, 6) is 0. The fraction of sp³-hybridized carbons (Fsp3) is 0. The van der Waals surface area contributed by atoms with Gasteiger partial charge in [-0.05, 0) is 12.1 Å². The average molecular weight is 239 g/mol. The largest absolute Gasteiger partial charge is 0.298 e. The van der Waals surface area contributed by atoms with Gasteiger partial charge in [0.1, 0.15) is 0 Å². The molecule has 0 aliphatic heterocycles. The molecule has 1 aromatic carbocycles. The number of hydrogen-bond acceptors (Lipinski definition) is 3. The second-order valence-electron chi connectivity index (χ2n) is 3.70. The standard InChI is InChI=1S/C14H9NOS/c16-9-12-11-5-1-2-6-13(11)17-14(12)10-4-3-7-15-8-10/h1-9H. The number of hydrogen-bond donors (Lipinski definition) is 0. The van der Waals surface area contributed by atoms with E-state index in [9.17, 15) is 4.79 Å². The number of rotatable bonds is 2. The molecule has 0 radical (unpaired) electrons. The molecule has 0 saturated heterocycles. The fourth-order valence-electron chi connectivity index (χ4n) is 1.89. The van der Waals surface area contributed by atoms with Crippen molar-refractivity contribution in [2.24, 2.45) is 0 Å². The number of aldehydes is 1. The van der Waals surface area contributed by atoms with Gasteiger partial charge in [0.05, 0.1) is 0 Å². The van der Waals surface area contributed by atoms with Crippen LogP contribution in [0.3, 0.4) is 0 Å². The summed E-state index contributed by atoms with van der Waals surface area (Å²) in [6, 6.07) is 11.8. The molecule has 0 aliphatic carbocycles. The molecule has 0 bridgehead atoms. The molecule has 17 heavy (non-hydrogen) atoms. The Morgan fingerprint density at radius 3 is 2.76 bits per heavy atom. The van der Waals surface area contributed by atoms with Crippen molar-refractivity contribution in [3.05, 3.63) is 54.4 Å². The predicted octanol–water partition coefficient (Wildman–Crippen LogP) is 3.78. The van der Waals surface area contributed by atoms with Gasteiger partial charge in [-0.3, -0.25) is 9.78 Å². The van der Waals surface area contributed by atoms with E-state index in [0.29, 0.717) is 0 Å². The van der Waals surface area contributed by atoms with Gasteiger partial charge in [-0.25, -0.2) is 0 Å². The van der Waals surface area contributed by atoms with Crippen LogP contribution >= 0.6 is 11.3 Å². The highest BCUT2D eigenvalue weighted by molar-refractivity contribution is 7.22. The second-order valence-corrected chi connectivity index (χ2v) is 4.75. The van der Waals surface area contributed by atoms with E-state index in [2.05, 4.69) is 4.98 Å². The highest BCUT2D eigenvalue weighted by Crippen LogP contribution is 2.36. The van der Waals surface area contributed by atoms with E-state index in [-0.39, 0.29) is 0 Å². The van der Waals surface area contributed by atoms with Crippen LogP contribution in [0.2, 0.25) is 0 Å². The van der Waals surface area contributed by atoms with Gasteiger partial charge in [-0.15, -0.1) is 11.3 Å².